The van der Waals surface area contributed by atoms with Gasteiger partial charge in [0.1, 0.15) is 13.2 Å². The van der Waals surface area contributed by atoms with Crippen LogP contribution >= 0.6 is 0 Å². The lowest BCUT2D eigenvalue weighted by atomic mass is 10.1. The monoisotopic (exact) mass is 937 g/mol. The van der Waals surface area contributed by atoms with Crippen LogP contribution in [0.3, 0.4) is 0 Å². The van der Waals surface area contributed by atoms with Crippen molar-refractivity contribution >= 4 is 17.9 Å². The van der Waals surface area contributed by atoms with E-state index in [0.717, 1.165) is 109 Å². The van der Waals surface area contributed by atoms with E-state index in [1.807, 2.05) is 12.2 Å². The first-order chi connectivity index (χ1) is 33.5. The van der Waals surface area contributed by atoms with E-state index in [1.165, 1.54) is 44.9 Å². The third-order valence-corrected chi connectivity index (χ3v) is 10.6. The number of hydrogen-bond donors (Lipinski definition) is 0. The molecule has 0 N–H and O–H groups in total. The maximum atomic E-state index is 12.8. The molecule has 6 heteroatoms. The average molecular weight is 937 g/mol. The summed E-state index contributed by atoms with van der Waals surface area (Å²) in [4.78, 5) is 38.0. The van der Waals surface area contributed by atoms with Crippen molar-refractivity contribution in [3.05, 3.63) is 146 Å². The molecule has 0 rings (SSSR count). The molecule has 0 heterocycles. The van der Waals surface area contributed by atoms with Crippen molar-refractivity contribution in [2.45, 2.75) is 213 Å². The lowest BCUT2D eigenvalue weighted by molar-refractivity contribution is -0.166. The summed E-state index contributed by atoms with van der Waals surface area (Å²) in [6.45, 7) is 6.26. The highest BCUT2D eigenvalue weighted by Crippen LogP contribution is 2.11. The maximum absolute atomic E-state index is 12.8. The minimum atomic E-state index is -0.848. The Balaban J connectivity index is 4.64. The van der Waals surface area contributed by atoms with Gasteiger partial charge in [-0.2, -0.15) is 0 Å². The second-order valence-electron chi connectivity index (χ2n) is 17.0. The highest BCUT2D eigenvalue weighted by Gasteiger charge is 2.19. The summed E-state index contributed by atoms with van der Waals surface area (Å²) in [7, 11) is 0. The molecule has 0 fully saturated rings. The maximum Gasteiger partial charge on any atom is 0.306 e. The van der Waals surface area contributed by atoms with Gasteiger partial charge in [0.2, 0.25) is 0 Å². The lowest BCUT2D eigenvalue weighted by Crippen LogP contribution is -2.30. The van der Waals surface area contributed by atoms with Crippen LogP contribution in [-0.4, -0.2) is 37.2 Å². The Bertz CT molecular complexity index is 1540. The van der Waals surface area contributed by atoms with E-state index in [9.17, 15) is 14.4 Å². The zero-order valence-corrected chi connectivity index (χ0v) is 43.3. The molecule has 0 spiro atoms. The summed E-state index contributed by atoms with van der Waals surface area (Å²) < 4.78 is 16.7. The molecule has 6 nitrogen and oxygen atoms in total. The van der Waals surface area contributed by atoms with Gasteiger partial charge < -0.3 is 14.2 Å². The molecule has 0 aliphatic carbocycles. The van der Waals surface area contributed by atoms with Crippen molar-refractivity contribution in [1.29, 1.82) is 0 Å². The largest absolute Gasteiger partial charge is 0.462 e. The topological polar surface area (TPSA) is 78.9 Å². The van der Waals surface area contributed by atoms with Crippen LogP contribution in [0, 0.1) is 0 Å². The Morgan fingerprint density at radius 1 is 0.309 bits per heavy atom. The van der Waals surface area contributed by atoms with Gasteiger partial charge in [-0.3, -0.25) is 14.4 Å². The van der Waals surface area contributed by atoms with Gasteiger partial charge in [-0.05, 0) is 122 Å². The van der Waals surface area contributed by atoms with E-state index < -0.39 is 12.1 Å². The Labute approximate surface area is 417 Å². The molecule has 0 aliphatic rings. The molecule has 0 bridgehead atoms. The van der Waals surface area contributed by atoms with Gasteiger partial charge in [0.15, 0.2) is 6.10 Å². The summed E-state index contributed by atoms with van der Waals surface area (Å²) in [5.41, 5.74) is 0. The summed E-state index contributed by atoms with van der Waals surface area (Å²) in [6.07, 6.45) is 78.5. The number of allylic oxidation sites excluding steroid dienone is 24. The zero-order chi connectivity index (χ0) is 49.3. The molecule has 0 aromatic rings. The van der Waals surface area contributed by atoms with Gasteiger partial charge in [-0.15, -0.1) is 0 Å². The van der Waals surface area contributed by atoms with E-state index in [0.29, 0.717) is 19.3 Å². The molecule has 0 aromatic carbocycles. The Morgan fingerprint density at radius 3 is 1.04 bits per heavy atom. The van der Waals surface area contributed by atoms with Crippen molar-refractivity contribution in [2.24, 2.45) is 0 Å². The minimum absolute atomic E-state index is 0.134. The molecule has 68 heavy (non-hydrogen) atoms. The number of ether oxygens (including phenoxy) is 3. The van der Waals surface area contributed by atoms with Crippen molar-refractivity contribution in [2.75, 3.05) is 13.2 Å². The summed E-state index contributed by atoms with van der Waals surface area (Å²) in [5, 5.41) is 0. The molecule has 1 atom stereocenters. The molecular formula is C62H96O6. The number of unbranched alkanes of at least 4 members (excludes halogenated alkanes) is 11. The smallest absolute Gasteiger partial charge is 0.306 e. The van der Waals surface area contributed by atoms with Crippen LogP contribution < -0.4 is 0 Å². The number of hydrogen-bond acceptors (Lipinski definition) is 6. The van der Waals surface area contributed by atoms with Gasteiger partial charge in [-0.25, -0.2) is 0 Å². The van der Waals surface area contributed by atoms with E-state index in [4.69, 9.17) is 14.2 Å². The van der Waals surface area contributed by atoms with Gasteiger partial charge in [0.25, 0.3) is 0 Å². The fraction of sp³-hybridized carbons (Fsp3) is 0.565. The molecule has 0 aliphatic heterocycles. The zero-order valence-electron chi connectivity index (χ0n) is 43.3. The highest BCUT2D eigenvalue weighted by atomic mass is 16.6. The molecule has 0 aromatic heterocycles. The fourth-order valence-electron chi connectivity index (χ4n) is 6.61. The van der Waals surface area contributed by atoms with Crippen LogP contribution in [0.15, 0.2) is 146 Å². The van der Waals surface area contributed by atoms with E-state index >= 15 is 0 Å². The van der Waals surface area contributed by atoms with Crippen LogP contribution in [0.2, 0.25) is 0 Å². The number of carbonyl (C=O) groups excluding carboxylic acids is 3. The van der Waals surface area contributed by atoms with Crippen molar-refractivity contribution in [1.82, 2.24) is 0 Å². The number of carbonyl (C=O) groups is 3. The number of rotatable bonds is 46. The predicted molar refractivity (Wildman–Crippen MR) is 292 cm³/mol. The number of esters is 3. The van der Waals surface area contributed by atoms with Crippen LogP contribution in [0.5, 0.6) is 0 Å². The Hall–Kier alpha value is -4.71. The molecule has 0 saturated heterocycles. The lowest BCUT2D eigenvalue weighted by Gasteiger charge is -2.18. The SMILES string of the molecule is CC/C=C\C/C=C\C/C=C\C/C=C\C/C=C\C/C=C\CCC(=O)OC[C@@H](COC(=O)CCCCCCC/C=C\CCCCCCC)OC(=O)CCC/C=C\C/C=C\C/C=C\C/C=C\C/C=C\CC. The Kier molecular flexibility index (Phi) is 51.1. The van der Waals surface area contributed by atoms with Crippen LogP contribution in [0.1, 0.15) is 207 Å². The standard InChI is InChI=1S/C62H96O6/c1-4-7-10-13-16-19-22-25-28-30-31-33-34-37-40-43-46-49-52-55-61(64)67-58-59(57-66-60(63)54-51-48-45-42-39-36-27-24-21-18-15-12-9-6-3)68-62(65)56-53-50-47-44-41-38-35-32-29-26-23-20-17-14-11-8-5-2/h7-8,10-11,16-17,19-20,24-29,31,33,35,37-38,40,44,46-47,49,59H,4-6,9,12-15,18,21-23,30,32,34,36,39,41-43,45,48,50-58H2,1-3H3/b10-7-,11-8-,19-16-,20-17-,27-24-,28-25-,29-26-,33-31-,38-35-,40-37-,47-44-,49-46-/t59-/m1/s1. The van der Waals surface area contributed by atoms with E-state index in [1.54, 1.807) is 0 Å². The van der Waals surface area contributed by atoms with Gasteiger partial charge in [-0.1, -0.05) is 212 Å². The molecule has 0 unspecified atom stereocenters. The van der Waals surface area contributed by atoms with Crippen molar-refractivity contribution in [3.8, 4) is 0 Å². The first-order valence-corrected chi connectivity index (χ1v) is 26.8. The second kappa shape index (κ2) is 54.9. The van der Waals surface area contributed by atoms with Crippen molar-refractivity contribution in [3.63, 3.8) is 0 Å². The van der Waals surface area contributed by atoms with Crippen molar-refractivity contribution < 1.29 is 28.6 Å². The van der Waals surface area contributed by atoms with Crippen LogP contribution in [0.25, 0.3) is 0 Å². The molecule has 380 valence electrons. The van der Waals surface area contributed by atoms with Gasteiger partial charge in [0, 0.05) is 19.3 Å². The summed E-state index contributed by atoms with van der Waals surface area (Å²) in [5.74, 6) is -1.10. The van der Waals surface area contributed by atoms with Gasteiger partial charge in [0.05, 0.1) is 0 Å². The summed E-state index contributed by atoms with van der Waals surface area (Å²) >= 11 is 0. The average Bonchev–Trinajstić information content (AvgIpc) is 3.34. The molecule has 0 amide bonds. The quantitative estimate of drug-likeness (QED) is 0.0262. The predicted octanol–water partition coefficient (Wildman–Crippen LogP) is 18.0. The molecule has 0 saturated carbocycles. The third kappa shape index (κ3) is 52.3. The minimum Gasteiger partial charge on any atom is -0.462 e. The second-order valence-corrected chi connectivity index (χ2v) is 17.0. The molecule has 0 radical (unpaired) electrons. The van der Waals surface area contributed by atoms with Gasteiger partial charge >= 0.3 is 17.9 Å². The first kappa shape index (κ1) is 63.3. The third-order valence-electron chi connectivity index (χ3n) is 10.6. The normalized spacial score (nSPS) is 13.3. The van der Waals surface area contributed by atoms with E-state index in [-0.39, 0.29) is 38.0 Å². The fourth-order valence-corrected chi connectivity index (χ4v) is 6.61. The Morgan fingerprint density at radius 2 is 0.618 bits per heavy atom. The summed E-state index contributed by atoms with van der Waals surface area (Å²) in [6, 6.07) is 0. The first-order valence-electron chi connectivity index (χ1n) is 26.8. The molecular weight excluding hydrogens is 841 g/mol. The van der Waals surface area contributed by atoms with Crippen LogP contribution in [0.4, 0.5) is 0 Å². The van der Waals surface area contributed by atoms with E-state index in [2.05, 4.69) is 154 Å². The van der Waals surface area contributed by atoms with Crippen LogP contribution in [-0.2, 0) is 28.6 Å². The highest BCUT2D eigenvalue weighted by molar-refractivity contribution is 5.71.